The van der Waals surface area contributed by atoms with Crippen molar-refractivity contribution >= 4 is 46.6 Å². The van der Waals surface area contributed by atoms with E-state index in [2.05, 4.69) is 22.1 Å². The van der Waals surface area contributed by atoms with Gasteiger partial charge < -0.3 is 10.1 Å². The Morgan fingerprint density at radius 1 is 1.28 bits per heavy atom. The molecule has 1 aromatic heterocycles. The maximum Gasteiger partial charge on any atom is 0.234 e. The molecule has 150 valence electrons. The van der Waals surface area contributed by atoms with Crippen molar-refractivity contribution in [2.75, 3.05) is 18.2 Å². The normalized spacial score (nSPS) is 10.6. The van der Waals surface area contributed by atoms with Crippen molar-refractivity contribution < 1.29 is 9.53 Å². The van der Waals surface area contributed by atoms with Crippen LogP contribution in [0.25, 0.3) is 11.4 Å². The number of hydrogen-bond acceptors (Lipinski definition) is 5. The number of rotatable bonds is 8. The number of benzene rings is 2. The van der Waals surface area contributed by atoms with Crippen molar-refractivity contribution in [3.05, 3.63) is 65.2 Å². The molecule has 0 saturated heterocycles. The molecule has 1 N–H and O–H groups in total. The van der Waals surface area contributed by atoms with Gasteiger partial charge in [0.1, 0.15) is 5.75 Å². The van der Waals surface area contributed by atoms with Gasteiger partial charge in [-0.05, 0) is 30.3 Å². The SMILES string of the molecule is C=CCn1c(SCC(=O)Nc2cc(Cl)ccc2Cl)nnc1-c1cccc(OC)c1. The molecule has 29 heavy (non-hydrogen) atoms. The first-order valence-corrected chi connectivity index (χ1v) is 10.3. The summed E-state index contributed by atoms with van der Waals surface area (Å²) in [6.45, 7) is 4.30. The summed E-state index contributed by atoms with van der Waals surface area (Å²) in [4.78, 5) is 12.4. The van der Waals surface area contributed by atoms with Crippen LogP contribution in [0.1, 0.15) is 0 Å². The van der Waals surface area contributed by atoms with E-state index in [1.54, 1.807) is 31.4 Å². The molecule has 0 aliphatic carbocycles. The van der Waals surface area contributed by atoms with E-state index in [1.165, 1.54) is 11.8 Å². The number of methoxy groups -OCH3 is 1. The number of nitrogens with zero attached hydrogens (tertiary/aromatic N) is 3. The van der Waals surface area contributed by atoms with Crippen LogP contribution in [0.2, 0.25) is 10.0 Å². The predicted molar refractivity (Wildman–Crippen MR) is 118 cm³/mol. The summed E-state index contributed by atoms with van der Waals surface area (Å²) < 4.78 is 7.18. The first-order valence-electron chi connectivity index (χ1n) is 8.58. The number of carbonyl (C=O) groups excluding carboxylic acids is 1. The standard InChI is InChI=1S/C20H18Cl2N4O2S/c1-3-9-26-19(13-5-4-6-15(10-13)28-2)24-25-20(26)29-12-18(27)23-17-11-14(21)7-8-16(17)22/h3-8,10-11H,1,9,12H2,2H3,(H,23,27). The molecule has 1 heterocycles. The molecule has 0 fully saturated rings. The number of anilines is 1. The third-order valence-electron chi connectivity index (χ3n) is 3.89. The smallest absolute Gasteiger partial charge is 0.234 e. The predicted octanol–water partition coefficient (Wildman–Crippen LogP) is 5.18. The van der Waals surface area contributed by atoms with E-state index in [-0.39, 0.29) is 11.7 Å². The zero-order chi connectivity index (χ0) is 20.8. The van der Waals surface area contributed by atoms with Crippen LogP contribution < -0.4 is 10.1 Å². The van der Waals surface area contributed by atoms with Crippen molar-refractivity contribution in [3.63, 3.8) is 0 Å². The summed E-state index contributed by atoms with van der Waals surface area (Å²) in [6, 6.07) is 12.4. The minimum absolute atomic E-state index is 0.135. The fourth-order valence-corrected chi connectivity index (χ4v) is 3.66. The topological polar surface area (TPSA) is 69.0 Å². The van der Waals surface area contributed by atoms with Crippen molar-refractivity contribution in [2.45, 2.75) is 11.7 Å². The Balaban J connectivity index is 1.75. The maximum absolute atomic E-state index is 12.4. The van der Waals surface area contributed by atoms with Crippen LogP contribution in [0.5, 0.6) is 5.75 Å². The van der Waals surface area contributed by atoms with Gasteiger partial charge in [-0.1, -0.05) is 53.2 Å². The molecule has 1 amide bonds. The second-order valence-corrected chi connectivity index (χ2v) is 7.68. The molecule has 2 aromatic carbocycles. The van der Waals surface area contributed by atoms with Crippen LogP contribution in [-0.2, 0) is 11.3 Å². The first-order chi connectivity index (χ1) is 14.0. The minimum atomic E-state index is -0.227. The summed E-state index contributed by atoms with van der Waals surface area (Å²) in [7, 11) is 1.61. The molecule has 0 spiro atoms. The van der Waals surface area contributed by atoms with Crippen molar-refractivity contribution in [1.82, 2.24) is 14.8 Å². The molecule has 9 heteroatoms. The summed E-state index contributed by atoms with van der Waals surface area (Å²) in [6.07, 6.45) is 1.75. The van der Waals surface area contributed by atoms with Gasteiger partial charge in [-0.25, -0.2) is 0 Å². The second-order valence-electron chi connectivity index (χ2n) is 5.90. The van der Waals surface area contributed by atoms with Crippen LogP contribution in [0.15, 0.2) is 60.3 Å². The number of aromatic nitrogens is 3. The number of allylic oxidation sites excluding steroid dienone is 1. The number of hydrogen-bond donors (Lipinski definition) is 1. The molecule has 0 radical (unpaired) electrons. The number of nitrogens with one attached hydrogen (secondary N) is 1. The molecule has 0 atom stereocenters. The fraction of sp³-hybridized carbons (Fsp3) is 0.150. The van der Waals surface area contributed by atoms with E-state index >= 15 is 0 Å². The average molecular weight is 449 g/mol. The fourth-order valence-electron chi connectivity index (χ4n) is 2.57. The van der Waals surface area contributed by atoms with E-state index in [4.69, 9.17) is 27.9 Å². The van der Waals surface area contributed by atoms with Gasteiger partial charge in [0, 0.05) is 17.1 Å². The van der Waals surface area contributed by atoms with E-state index in [0.717, 1.165) is 11.3 Å². The molecule has 3 rings (SSSR count). The summed E-state index contributed by atoms with van der Waals surface area (Å²) in [5, 5.41) is 12.8. The van der Waals surface area contributed by atoms with Crippen molar-refractivity contribution in [1.29, 1.82) is 0 Å². The summed E-state index contributed by atoms with van der Waals surface area (Å²) in [5.74, 6) is 1.30. The van der Waals surface area contributed by atoms with Crippen molar-refractivity contribution in [2.24, 2.45) is 0 Å². The summed E-state index contributed by atoms with van der Waals surface area (Å²) >= 11 is 13.3. The minimum Gasteiger partial charge on any atom is -0.497 e. The van der Waals surface area contributed by atoms with Gasteiger partial charge in [-0.3, -0.25) is 9.36 Å². The molecular weight excluding hydrogens is 431 g/mol. The van der Waals surface area contributed by atoms with Gasteiger partial charge >= 0.3 is 0 Å². The number of halogens is 2. The Morgan fingerprint density at radius 3 is 2.86 bits per heavy atom. The average Bonchev–Trinajstić information content (AvgIpc) is 3.12. The van der Waals surface area contributed by atoms with Gasteiger partial charge in [0.25, 0.3) is 0 Å². The third-order valence-corrected chi connectivity index (χ3v) is 5.42. The molecule has 0 aliphatic heterocycles. The zero-order valence-corrected chi connectivity index (χ0v) is 17.9. The van der Waals surface area contributed by atoms with E-state index < -0.39 is 0 Å². The quantitative estimate of drug-likeness (QED) is 0.379. The van der Waals surface area contributed by atoms with Gasteiger partial charge in [-0.15, -0.1) is 16.8 Å². The highest BCUT2D eigenvalue weighted by Gasteiger charge is 2.16. The Morgan fingerprint density at radius 2 is 2.10 bits per heavy atom. The number of thioether (sulfide) groups is 1. The van der Waals surface area contributed by atoms with Crippen molar-refractivity contribution in [3.8, 4) is 17.1 Å². The van der Waals surface area contributed by atoms with E-state index in [9.17, 15) is 4.79 Å². The highest BCUT2D eigenvalue weighted by atomic mass is 35.5. The number of amides is 1. The highest BCUT2D eigenvalue weighted by Crippen LogP contribution is 2.28. The lowest BCUT2D eigenvalue weighted by Gasteiger charge is -2.09. The Labute approximate surface area is 182 Å². The van der Waals surface area contributed by atoms with Gasteiger partial charge in [0.05, 0.1) is 23.6 Å². The molecule has 6 nitrogen and oxygen atoms in total. The largest absolute Gasteiger partial charge is 0.497 e. The number of ether oxygens (including phenoxy) is 1. The lowest BCUT2D eigenvalue weighted by Crippen LogP contribution is -2.15. The van der Waals surface area contributed by atoms with Crippen LogP contribution in [-0.4, -0.2) is 33.5 Å². The molecular formula is C20H18Cl2N4O2S. The highest BCUT2D eigenvalue weighted by molar-refractivity contribution is 7.99. The van der Waals surface area contributed by atoms with Crippen LogP contribution in [0.4, 0.5) is 5.69 Å². The summed E-state index contributed by atoms with van der Waals surface area (Å²) in [5.41, 5.74) is 1.33. The van der Waals surface area contributed by atoms with Gasteiger partial charge in [-0.2, -0.15) is 0 Å². The van der Waals surface area contributed by atoms with Crippen LogP contribution in [0, 0.1) is 0 Å². The molecule has 0 saturated carbocycles. The Hall–Kier alpha value is -2.48. The molecule has 0 aliphatic rings. The monoisotopic (exact) mass is 448 g/mol. The van der Waals surface area contributed by atoms with E-state index in [0.29, 0.717) is 33.3 Å². The van der Waals surface area contributed by atoms with Crippen LogP contribution in [0.3, 0.4) is 0 Å². The number of carbonyl (C=O) groups is 1. The van der Waals surface area contributed by atoms with E-state index in [1.807, 2.05) is 28.8 Å². The third kappa shape index (κ3) is 5.32. The zero-order valence-electron chi connectivity index (χ0n) is 15.6. The lowest BCUT2D eigenvalue weighted by atomic mass is 10.2. The molecule has 0 unspecified atom stereocenters. The van der Waals surface area contributed by atoms with Gasteiger partial charge in [0.15, 0.2) is 11.0 Å². The Bertz CT molecular complexity index is 1040. The second kappa shape index (κ2) is 9.82. The van der Waals surface area contributed by atoms with Crippen LogP contribution >= 0.6 is 35.0 Å². The van der Waals surface area contributed by atoms with Gasteiger partial charge in [0.2, 0.25) is 5.91 Å². The maximum atomic E-state index is 12.4. The molecule has 3 aromatic rings. The molecule has 0 bridgehead atoms. The lowest BCUT2D eigenvalue weighted by molar-refractivity contribution is -0.113. The first kappa shape index (κ1) is 21.2. The Kier molecular flexibility index (Phi) is 7.19.